The van der Waals surface area contributed by atoms with Gasteiger partial charge in [0.1, 0.15) is 0 Å². The maximum Gasteiger partial charge on any atom is 0.471 e. The molecule has 30 heavy (non-hydrogen) atoms. The number of amides is 1. The Morgan fingerprint density at radius 1 is 0.833 bits per heavy atom. The highest BCUT2D eigenvalue weighted by Gasteiger charge is 2.53. The summed E-state index contributed by atoms with van der Waals surface area (Å²) < 4.78 is 40.4. The van der Waals surface area contributed by atoms with Crippen LogP contribution in [0.2, 0.25) is 0 Å². The number of rotatable bonds is 4. The van der Waals surface area contributed by atoms with E-state index in [2.05, 4.69) is 0 Å². The zero-order chi connectivity index (χ0) is 21.2. The summed E-state index contributed by atoms with van der Waals surface area (Å²) in [6, 6.07) is 27.9. The molecule has 3 aromatic rings. The third kappa shape index (κ3) is 3.84. The number of hydrogen-bond donors (Lipinski definition) is 0. The van der Waals surface area contributed by atoms with Crippen LogP contribution in [0.15, 0.2) is 91.0 Å². The van der Waals surface area contributed by atoms with Crippen molar-refractivity contribution in [3.63, 3.8) is 0 Å². The molecule has 2 nitrogen and oxygen atoms in total. The number of carbonyl (C=O) groups excluding carboxylic acids is 1. The summed E-state index contributed by atoms with van der Waals surface area (Å²) in [6.45, 7) is -0.00310. The summed E-state index contributed by atoms with van der Waals surface area (Å²) in [6.07, 6.45) is -4.10. The maximum absolute atomic E-state index is 13.5. The maximum atomic E-state index is 13.5. The van der Waals surface area contributed by atoms with Crippen molar-refractivity contribution in [2.75, 3.05) is 6.54 Å². The predicted octanol–water partition coefficient (Wildman–Crippen LogP) is 5.38. The first-order valence-corrected chi connectivity index (χ1v) is 9.93. The van der Waals surface area contributed by atoms with E-state index in [1.807, 2.05) is 91.0 Å². The average molecular weight is 409 g/mol. The highest BCUT2D eigenvalue weighted by atomic mass is 19.4. The number of benzene rings is 3. The summed E-state index contributed by atoms with van der Waals surface area (Å²) >= 11 is 0. The van der Waals surface area contributed by atoms with Crippen LogP contribution < -0.4 is 0 Å². The fourth-order valence-corrected chi connectivity index (χ4v) is 4.57. The Morgan fingerprint density at radius 2 is 1.30 bits per heavy atom. The zero-order valence-corrected chi connectivity index (χ0v) is 16.3. The third-order valence-electron chi connectivity index (χ3n) is 5.94. The average Bonchev–Trinajstić information content (AvgIpc) is 3.15. The molecule has 0 aliphatic carbocycles. The van der Waals surface area contributed by atoms with E-state index in [-0.39, 0.29) is 6.54 Å². The van der Waals surface area contributed by atoms with E-state index in [1.54, 1.807) is 0 Å². The van der Waals surface area contributed by atoms with E-state index < -0.39 is 23.5 Å². The van der Waals surface area contributed by atoms with Crippen LogP contribution in [-0.4, -0.2) is 29.6 Å². The van der Waals surface area contributed by atoms with Crippen molar-refractivity contribution in [2.45, 2.75) is 30.5 Å². The van der Waals surface area contributed by atoms with Crippen molar-refractivity contribution in [1.29, 1.82) is 0 Å². The molecule has 1 amide bonds. The molecule has 1 fully saturated rings. The lowest BCUT2D eigenvalue weighted by Crippen LogP contribution is -2.45. The van der Waals surface area contributed by atoms with E-state index in [0.717, 1.165) is 21.6 Å². The van der Waals surface area contributed by atoms with Gasteiger partial charge in [0.25, 0.3) is 0 Å². The first-order chi connectivity index (χ1) is 14.4. The number of nitrogens with zero attached hydrogens (tertiary/aromatic N) is 1. The van der Waals surface area contributed by atoms with Gasteiger partial charge in [-0.25, -0.2) is 0 Å². The van der Waals surface area contributed by atoms with E-state index in [1.165, 1.54) is 0 Å². The van der Waals surface area contributed by atoms with Crippen LogP contribution in [0.25, 0.3) is 0 Å². The predicted molar refractivity (Wildman–Crippen MR) is 110 cm³/mol. The van der Waals surface area contributed by atoms with Crippen LogP contribution in [0.3, 0.4) is 0 Å². The number of alkyl halides is 3. The van der Waals surface area contributed by atoms with Crippen molar-refractivity contribution < 1.29 is 18.0 Å². The topological polar surface area (TPSA) is 20.3 Å². The van der Waals surface area contributed by atoms with E-state index in [9.17, 15) is 18.0 Å². The van der Waals surface area contributed by atoms with Crippen molar-refractivity contribution in [3.05, 3.63) is 108 Å². The van der Waals surface area contributed by atoms with Gasteiger partial charge in [0.05, 0.1) is 0 Å². The molecule has 3 aromatic carbocycles. The lowest BCUT2D eigenvalue weighted by Gasteiger charge is -2.31. The number of likely N-dealkylation sites (tertiary alicyclic amines) is 1. The molecular weight excluding hydrogens is 387 g/mol. The van der Waals surface area contributed by atoms with Gasteiger partial charge in [-0.2, -0.15) is 13.2 Å². The first kappa shape index (κ1) is 20.2. The summed E-state index contributed by atoms with van der Waals surface area (Å²) in [5.74, 6) is -1.77. The molecule has 0 spiro atoms. The second-order valence-corrected chi connectivity index (χ2v) is 7.79. The zero-order valence-electron chi connectivity index (χ0n) is 16.3. The molecule has 0 aromatic heterocycles. The van der Waals surface area contributed by atoms with Gasteiger partial charge in [-0.1, -0.05) is 91.0 Å². The highest BCUT2D eigenvalue weighted by molar-refractivity contribution is 5.83. The summed E-state index contributed by atoms with van der Waals surface area (Å²) in [7, 11) is 0. The summed E-state index contributed by atoms with van der Waals surface area (Å²) in [5.41, 5.74) is 2.07. The molecule has 0 saturated carbocycles. The summed E-state index contributed by atoms with van der Waals surface area (Å²) in [5, 5.41) is 0. The minimum Gasteiger partial charge on any atom is -0.330 e. The number of halogens is 3. The van der Waals surface area contributed by atoms with Gasteiger partial charge < -0.3 is 4.90 Å². The third-order valence-corrected chi connectivity index (χ3v) is 5.94. The van der Waals surface area contributed by atoms with E-state index in [0.29, 0.717) is 12.8 Å². The largest absolute Gasteiger partial charge is 0.471 e. The molecule has 1 aliphatic heterocycles. The van der Waals surface area contributed by atoms with Crippen LogP contribution in [0.1, 0.15) is 23.1 Å². The van der Waals surface area contributed by atoms with Crippen LogP contribution in [0.5, 0.6) is 0 Å². The Kier molecular flexibility index (Phi) is 5.37. The lowest BCUT2D eigenvalue weighted by molar-refractivity contribution is -0.186. The van der Waals surface area contributed by atoms with Crippen molar-refractivity contribution in [1.82, 2.24) is 4.90 Å². The van der Waals surface area contributed by atoms with Gasteiger partial charge in [0.15, 0.2) is 0 Å². The molecule has 5 heteroatoms. The SMILES string of the molecule is O=C(N1CC(c2ccccc2)(c2ccccc2)CC1Cc1ccccc1)C(F)(F)F. The molecule has 0 radical (unpaired) electrons. The Balaban J connectivity index is 1.80. The molecule has 1 aliphatic rings. The van der Waals surface area contributed by atoms with Crippen molar-refractivity contribution in [3.8, 4) is 0 Å². The van der Waals surface area contributed by atoms with E-state index in [4.69, 9.17) is 0 Å². The molecule has 1 saturated heterocycles. The van der Waals surface area contributed by atoms with Crippen molar-refractivity contribution >= 4 is 5.91 Å². The highest BCUT2D eigenvalue weighted by Crippen LogP contribution is 2.45. The first-order valence-electron chi connectivity index (χ1n) is 9.93. The van der Waals surface area contributed by atoms with Crippen molar-refractivity contribution in [2.24, 2.45) is 0 Å². The van der Waals surface area contributed by atoms with Gasteiger partial charge >= 0.3 is 12.1 Å². The molecule has 0 bridgehead atoms. The fourth-order valence-electron chi connectivity index (χ4n) is 4.57. The Labute approximate surface area is 174 Å². The quantitative estimate of drug-likeness (QED) is 0.567. The number of carbonyl (C=O) groups is 1. The van der Waals surface area contributed by atoms with Gasteiger partial charge in [-0.05, 0) is 29.5 Å². The molecule has 0 N–H and O–H groups in total. The number of hydrogen-bond acceptors (Lipinski definition) is 1. The smallest absolute Gasteiger partial charge is 0.330 e. The molecule has 4 rings (SSSR count). The second kappa shape index (κ2) is 7.98. The van der Waals surface area contributed by atoms with Crippen LogP contribution >= 0.6 is 0 Å². The molecule has 154 valence electrons. The Morgan fingerprint density at radius 3 is 1.77 bits per heavy atom. The lowest BCUT2D eigenvalue weighted by atomic mass is 9.72. The van der Waals surface area contributed by atoms with Gasteiger partial charge in [0, 0.05) is 18.0 Å². The molecule has 1 atom stereocenters. The van der Waals surface area contributed by atoms with Gasteiger partial charge in [0.2, 0.25) is 0 Å². The van der Waals surface area contributed by atoms with Gasteiger partial charge in [-0.15, -0.1) is 0 Å². The Hall–Kier alpha value is -3.08. The van der Waals surface area contributed by atoms with Crippen LogP contribution in [0, 0.1) is 0 Å². The standard InChI is InChI=1S/C25H22F3NO/c26-25(27,28)23(30)29-18-24(20-12-6-2-7-13-20,21-14-8-3-9-15-21)17-22(29)16-19-10-4-1-5-11-19/h1-15,22H,16-18H2. The van der Waals surface area contributed by atoms with Crippen LogP contribution in [-0.2, 0) is 16.6 Å². The normalized spacial score (nSPS) is 18.4. The molecular formula is C25H22F3NO. The Bertz CT molecular complexity index is 948. The molecule has 1 heterocycles. The monoisotopic (exact) mass is 409 g/mol. The van der Waals surface area contributed by atoms with Crippen LogP contribution in [0.4, 0.5) is 13.2 Å². The van der Waals surface area contributed by atoms with Gasteiger partial charge in [-0.3, -0.25) is 4.79 Å². The fraction of sp³-hybridized carbons (Fsp3) is 0.240. The minimum absolute atomic E-state index is 0.00310. The minimum atomic E-state index is -4.90. The molecule has 1 unspecified atom stereocenters. The van der Waals surface area contributed by atoms with E-state index >= 15 is 0 Å². The summed E-state index contributed by atoms with van der Waals surface area (Å²) in [4.78, 5) is 13.5. The second-order valence-electron chi connectivity index (χ2n) is 7.79.